The number of terminal acetylenes is 1. The van der Waals surface area contributed by atoms with Crippen LogP contribution in [0.3, 0.4) is 0 Å². The molecule has 1 unspecified atom stereocenters. The van der Waals surface area contributed by atoms with Crippen LogP contribution in [0.4, 0.5) is 0 Å². The second-order valence-corrected chi connectivity index (χ2v) is 6.71. The van der Waals surface area contributed by atoms with E-state index in [0.29, 0.717) is 5.56 Å². The molecule has 0 spiro atoms. The number of fused-ring (bicyclic) bond motifs is 3. The van der Waals surface area contributed by atoms with E-state index in [1.54, 1.807) is 0 Å². The lowest BCUT2D eigenvalue weighted by Gasteiger charge is -2.30. The summed E-state index contributed by atoms with van der Waals surface area (Å²) in [7, 11) is 0. The number of hydrogen-bond donors (Lipinski definition) is 1. The van der Waals surface area contributed by atoms with Crippen LogP contribution < -0.4 is 5.32 Å². The Morgan fingerprint density at radius 3 is 3.00 bits per heavy atom. The summed E-state index contributed by atoms with van der Waals surface area (Å²) in [6.45, 7) is 3.37. The fourth-order valence-electron chi connectivity index (χ4n) is 3.98. The lowest BCUT2D eigenvalue weighted by Crippen LogP contribution is -2.47. The van der Waals surface area contributed by atoms with Crippen LogP contribution in [-0.2, 0) is 0 Å². The van der Waals surface area contributed by atoms with Crippen LogP contribution in [0.25, 0.3) is 10.8 Å². The van der Waals surface area contributed by atoms with E-state index in [4.69, 9.17) is 6.42 Å². The van der Waals surface area contributed by atoms with Crippen LogP contribution in [0.15, 0.2) is 36.4 Å². The van der Waals surface area contributed by atoms with Gasteiger partial charge in [-0.25, -0.2) is 0 Å². The number of hydrogen-bond acceptors (Lipinski definition) is 2. The van der Waals surface area contributed by atoms with E-state index in [1.807, 2.05) is 36.4 Å². The van der Waals surface area contributed by atoms with Crippen molar-refractivity contribution in [2.75, 3.05) is 19.6 Å². The van der Waals surface area contributed by atoms with Gasteiger partial charge in [0.05, 0.1) is 0 Å². The van der Waals surface area contributed by atoms with Gasteiger partial charge in [0.2, 0.25) is 0 Å². The molecular formula is C20H20N2O. The molecule has 4 rings (SSSR count). The Balaban J connectivity index is 1.54. The fourth-order valence-corrected chi connectivity index (χ4v) is 3.98. The first kappa shape index (κ1) is 14.3. The number of benzene rings is 2. The van der Waals surface area contributed by atoms with E-state index < -0.39 is 0 Å². The standard InChI is InChI=1S/C20H20N2O/c1-2-15-4-3-5-16-11-17(6-7-19(15)16)20(23)21-18-10-14-8-9-22(12-14)13-18/h1,3-7,11,14,18H,8-10,12-13H2,(H,21,23)/t14-,18-/m1/s1. The number of amides is 1. The molecule has 0 radical (unpaired) electrons. The normalized spacial score (nSPS) is 26.0. The predicted octanol–water partition coefficient (Wildman–Crippen LogP) is 2.65. The zero-order valence-corrected chi connectivity index (χ0v) is 13.1. The van der Waals surface area contributed by atoms with Crippen LogP contribution in [-0.4, -0.2) is 36.5 Å². The van der Waals surface area contributed by atoms with Crippen LogP contribution in [0.1, 0.15) is 28.8 Å². The second kappa shape index (κ2) is 5.72. The van der Waals surface area contributed by atoms with E-state index in [9.17, 15) is 4.79 Å². The van der Waals surface area contributed by atoms with Crippen LogP contribution in [0, 0.1) is 18.3 Å². The maximum Gasteiger partial charge on any atom is 0.251 e. The average molecular weight is 304 g/mol. The van der Waals surface area contributed by atoms with Gasteiger partial charge in [0.1, 0.15) is 0 Å². The molecule has 2 aliphatic rings. The SMILES string of the molecule is C#Cc1cccc2cc(C(=O)N[C@@H]3C[C@H]4CCN(C4)C3)ccc12. The summed E-state index contributed by atoms with van der Waals surface area (Å²) >= 11 is 0. The quantitative estimate of drug-likeness (QED) is 0.865. The summed E-state index contributed by atoms with van der Waals surface area (Å²) < 4.78 is 0. The molecule has 0 aromatic heterocycles. The predicted molar refractivity (Wildman–Crippen MR) is 92.3 cm³/mol. The molecule has 1 amide bonds. The molecule has 2 aromatic carbocycles. The lowest BCUT2D eigenvalue weighted by molar-refractivity contribution is 0.0909. The smallest absolute Gasteiger partial charge is 0.251 e. The summed E-state index contributed by atoms with van der Waals surface area (Å²) in [5.74, 6) is 3.47. The van der Waals surface area contributed by atoms with Crippen molar-refractivity contribution < 1.29 is 4.79 Å². The third-order valence-corrected chi connectivity index (χ3v) is 5.10. The Hall–Kier alpha value is -2.31. The average Bonchev–Trinajstić information content (AvgIpc) is 2.92. The third kappa shape index (κ3) is 2.71. The van der Waals surface area contributed by atoms with Crippen molar-refractivity contribution in [3.63, 3.8) is 0 Å². The Labute approximate surface area is 136 Å². The van der Waals surface area contributed by atoms with Gasteiger partial charge in [0.25, 0.3) is 5.91 Å². The van der Waals surface area contributed by atoms with Gasteiger partial charge in [-0.2, -0.15) is 0 Å². The minimum Gasteiger partial charge on any atom is -0.348 e. The van der Waals surface area contributed by atoms with E-state index in [-0.39, 0.29) is 11.9 Å². The first-order valence-electron chi connectivity index (χ1n) is 8.25. The van der Waals surface area contributed by atoms with Crippen molar-refractivity contribution in [2.24, 2.45) is 5.92 Å². The molecule has 1 N–H and O–H groups in total. The highest BCUT2D eigenvalue weighted by Crippen LogP contribution is 2.27. The Bertz CT molecular complexity index is 793. The summed E-state index contributed by atoms with van der Waals surface area (Å²) in [6, 6.07) is 11.9. The first-order chi connectivity index (χ1) is 11.2. The zero-order valence-electron chi connectivity index (χ0n) is 13.1. The molecule has 2 heterocycles. The van der Waals surface area contributed by atoms with Crippen molar-refractivity contribution in [3.05, 3.63) is 47.5 Å². The minimum atomic E-state index is 0.0190. The highest BCUT2D eigenvalue weighted by molar-refractivity contribution is 5.99. The van der Waals surface area contributed by atoms with E-state index >= 15 is 0 Å². The number of carbonyl (C=O) groups excluding carboxylic acids is 1. The highest BCUT2D eigenvalue weighted by atomic mass is 16.1. The number of nitrogens with one attached hydrogen (secondary N) is 1. The molecule has 2 fully saturated rings. The summed E-state index contributed by atoms with van der Waals surface area (Å²) in [5.41, 5.74) is 1.57. The van der Waals surface area contributed by atoms with Crippen molar-refractivity contribution in [1.29, 1.82) is 0 Å². The van der Waals surface area contributed by atoms with Gasteiger partial charge in [-0.3, -0.25) is 4.79 Å². The molecule has 23 heavy (non-hydrogen) atoms. The van der Waals surface area contributed by atoms with Crippen LogP contribution in [0.5, 0.6) is 0 Å². The molecule has 2 aromatic rings. The molecular weight excluding hydrogens is 284 g/mol. The third-order valence-electron chi connectivity index (χ3n) is 5.10. The first-order valence-corrected chi connectivity index (χ1v) is 8.25. The maximum absolute atomic E-state index is 12.6. The second-order valence-electron chi connectivity index (χ2n) is 6.71. The largest absolute Gasteiger partial charge is 0.348 e. The van der Waals surface area contributed by atoms with E-state index in [2.05, 4.69) is 16.1 Å². The van der Waals surface area contributed by atoms with Crippen molar-refractivity contribution in [3.8, 4) is 12.3 Å². The zero-order chi connectivity index (χ0) is 15.8. The van der Waals surface area contributed by atoms with Gasteiger partial charge in [-0.05, 0) is 54.3 Å². The highest BCUT2D eigenvalue weighted by Gasteiger charge is 2.32. The van der Waals surface area contributed by atoms with Gasteiger partial charge >= 0.3 is 0 Å². The van der Waals surface area contributed by atoms with Crippen molar-refractivity contribution >= 4 is 16.7 Å². The number of rotatable bonds is 2. The molecule has 3 heteroatoms. The van der Waals surface area contributed by atoms with E-state index in [1.165, 1.54) is 19.5 Å². The Kier molecular flexibility index (Phi) is 3.55. The molecule has 0 saturated carbocycles. The van der Waals surface area contributed by atoms with Gasteiger partial charge in [0, 0.05) is 30.3 Å². The Morgan fingerprint density at radius 1 is 1.26 bits per heavy atom. The number of nitrogens with zero attached hydrogens (tertiary/aromatic N) is 1. The van der Waals surface area contributed by atoms with Crippen molar-refractivity contribution in [1.82, 2.24) is 10.2 Å². The van der Waals surface area contributed by atoms with Crippen molar-refractivity contribution in [2.45, 2.75) is 18.9 Å². The molecule has 2 saturated heterocycles. The molecule has 2 bridgehead atoms. The van der Waals surface area contributed by atoms with Gasteiger partial charge in [-0.1, -0.05) is 24.1 Å². The molecule has 116 valence electrons. The molecule has 2 aliphatic heterocycles. The van der Waals surface area contributed by atoms with Gasteiger partial charge in [-0.15, -0.1) is 6.42 Å². The molecule has 3 nitrogen and oxygen atoms in total. The number of carbonyl (C=O) groups is 1. The fraction of sp³-hybridized carbons (Fsp3) is 0.350. The van der Waals surface area contributed by atoms with Gasteiger partial charge < -0.3 is 10.2 Å². The molecule has 3 atom stereocenters. The summed E-state index contributed by atoms with van der Waals surface area (Å²) in [6.07, 6.45) is 7.92. The van der Waals surface area contributed by atoms with E-state index in [0.717, 1.165) is 35.2 Å². The summed E-state index contributed by atoms with van der Waals surface area (Å²) in [5, 5.41) is 5.24. The minimum absolute atomic E-state index is 0.0190. The lowest BCUT2D eigenvalue weighted by atomic mass is 9.96. The maximum atomic E-state index is 12.6. The summed E-state index contributed by atoms with van der Waals surface area (Å²) in [4.78, 5) is 15.0. The van der Waals surface area contributed by atoms with Gasteiger partial charge in [0.15, 0.2) is 0 Å². The number of piperidine rings is 1. The monoisotopic (exact) mass is 304 g/mol. The molecule has 0 aliphatic carbocycles. The van der Waals surface area contributed by atoms with Crippen LogP contribution in [0.2, 0.25) is 0 Å². The Morgan fingerprint density at radius 2 is 2.17 bits per heavy atom. The topological polar surface area (TPSA) is 32.3 Å². The van der Waals surface area contributed by atoms with Crippen LogP contribution >= 0.6 is 0 Å².